The third kappa shape index (κ3) is 4.22. The summed E-state index contributed by atoms with van der Waals surface area (Å²) in [6.45, 7) is 10.5. The number of nitrogens with zero attached hydrogens (tertiary/aromatic N) is 1. The van der Waals surface area contributed by atoms with Gasteiger partial charge in [-0.15, -0.1) is 0 Å². The highest BCUT2D eigenvalue weighted by Gasteiger charge is 2.36. The van der Waals surface area contributed by atoms with Crippen LogP contribution in [0.25, 0.3) is 0 Å². The number of thiol groups is 1. The molecule has 0 aromatic rings. The van der Waals surface area contributed by atoms with E-state index in [1.807, 2.05) is 0 Å². The Bertz CT molecular complexity index is 555. The van der Waals surface area contributed by atoms with Crippen LogP contribution in [0.1, 0.15) is 13.8 Å². The van der Waals surface area contributed by atoms with Gasteiger partial charge in [0.05, 0.1) is 18.3 Å². The number of amides is 1. The molecule has 1 aliphatic heterocycles. The third-order valence-corrected chi connectivity index (χ3v) is 3.91. The predicted molar refractivity (Wildman–Crippen MR) is 81.7 cm³/mol. The van der Waals surface area contributed by atoms with E-state index in [4.69, 9.17) is 4.74 Å². The maximum Gasteiger partial charge on any atom is 0.225 e. The SMILES string of the molecule is C=C/C=C1/O[C@@H](CNC(C)=O)[C@@H](C)N([SH](=O)=O)/C1=C/C=C. The maximum atomic E-state index is 11.6. The van der Waals surface area contributed by atoms with E-state index in [9.17, 15) is 13.2 Å². The van der Waals surface area contributed by atoms with E-state index in [2.05, 4.69) is 18.5 Å². The number of hydrogen-bond donors (Lipinski definition) is 2. The number of rotatable bonds is 5. The second-order valence-electron chi connectivity index (χ2n) is 4.47. The summed E-state index contributed by atoms with van der Waals surface area (Å²) in [5.41, 5.74) is 0.396. The monoisotopic (exact) mass is 312 g/mol. The number of nitrogens with one attached hydrogen (secondary N) is 1. The Labute approximate surface area is 126 Å². The van der Waals surface area contributed by atoms with Gasteiger partial charge in [0.25, 0.3) is 0 Å². The molecule has 6 nitrogen and oxygen atoms in total. The molecule has 1 fully saturated rings. The smallest absolute Gasteiger partial charge is 0.225 e. The molecule has 1 saturated heterocycles. The largest absolute Gasteiger partial charge is 0.484 e. The first-order chi connectivity index (χ1) is 9.92. The minimum Gasteiger partial charge on any atom is -0.484 e. The Morgan fingerprint density at radius 2 is 2.00 bits per heavy atom. The average Bonchev–Trinajstić information content (AvgIpc) is 2.40. The molecule has 0 spiro atoms. The van der Waals surface area contributed by atoms with Crippen molar-refractivity contribution in [2.45, 2.75) is 26.0 Å². The van der Waals surface area contributed by atoms with Crippen LogP contribution in [-0.2, 0) is 20.4 Å². The molecule has 0 aromatic heterocycles. The fraction of sp³-hybridized carbons (Fsp3) is 0.357. The normalized spacial score (nSPS) is 25.8. The van der Waals surface area contributed by atoms with E-state index in [1.165, 1.54) is 23.4 Å². The minimum absolute atomic E-state index is 0.203. The van der Waals surface area contributed by atoms with Crippen LogP contribution in [0.4, 0.5) is 0 Å². The molecule has 116 valence electrons. The van der Waals surface area contributed by atoms with Gasteiger partial charge in [-0.1, -0.05) is 25.3 Å². The Morgan fingerprint density at radius 3 is 2.48 bits per heavy atom. The number of carbonyl (C=O) groups is 1. The molecular weight excluding hydrogens is 292 g/mol. The van der Waals surface area contributed by atoms with E-state index in [1.54, 1.807) is 19.1 Å². The molecule has 0 radical (unpaired) electrons. The van der Waals surface area contributed by atoms with Gasteiger partial charge in [-0.3, -0.25) is 9.10 Å². The predicted octanol–water partition coefficient (Wildman–Crippen LogP) is 0.878. The van der Waals surface area contributed by atoms with Crippen molar-refractivity contribution < 1.29 is 17.9 Å². The van der Waals surface area contributed by atoms with Crippen LogP contribution in [-0.4, -0.2) is 37.3 Å². The molecule has 1 heterocycles. The number of morpholine rings is 1. The molecular formula is C14H20N2O4S. The fourth-order valence-electron chi connectivity index (χ4n) is 2.01. The van der Waals surface area contributed by atoms with E-state index >= 15 is 0 Å². The lowest BCUT2D eigenvalue weighted by Gasteiger charge is -2.40. The summed E-state index contributed by atoms with van der Waals surface area (Å²) in [4.78, 5) is 11.0. The molecule has 0 bridgehead atoms. The molecule has 0 aromatic carbocycles. The van der Waals surface area contributed by atoms with Gasteiger partial charge < -0.3 is 10.1 Å². The standard InChI is InChI=1S/C14H20N2O4S/c1-5-7-12-13(8-6-2)20-14(9-15-11(4)17)10(3)16(12)21(18)19/h5-8,10,14,21H,1-2,9H2,3-4H3,(H,15,17)/b12-7+,13-8+/t10-,14+/m1/s1. The van der Waals surface area contributed by atoms with Gasteiger partial charge in [-0.25, -0.2) is 8.42 Å². The summed E-state index contributed by atoms with van der Waals surface area (Å²) >= 11 is 0. The van der Waals surface area contributed by atoms with Crippen molar-refractivity contribution in [2.24, 2.45) is 0 Å². The van der Waals surface area contributed by atoms with Crippen LogP contribution in [0.2, 0.25) is 0 Å². The summed E-state index contributed by atoms with van der Waals surface area (Å²) in [5.74, 6) is 0.170. The minimum atomic E-state index is -2.85. The van der Waals surface area contributed by atoms with Crippen LogP contribution >= 0.6 is 0 Å². The highest BCUT2D eigenvalue weighted by Crippen LogP contribution is 2.29. The third-order valence-electron chi connectivity index (χ3n) is 2.97. The van der Waals surface area contributed by atoms with E-state index in [-0.39, 0.29) is 12.5 Å². The van der Waals surface area contributed by atoms with Gasteiger partial charge in [0.2, 0.25) is 16.8 Å². The zero-order chi connectivity index (χ0) is 16.0. The number of hydrogen-bond acceptors (Lipinski definition) is 4. The van der Waals surface area contributed by atoms with Gasteiger partial charge in [0.1, 0.15) is 11.9 Å². The zero-order valence-corrected chi connectivity index (χ0v) is 13.0. The molecule has 1 amide bonds. The Balaban J connectivity index is 3.19. The van der Waals surface area contributed by atoms with Gasteiger partial charge in [0, 0.05) is 6.92 Å². The van der Waals surface area contributed by atoms with Crippen molar-refractivity contribution in [3.05, 3.63) is 48.9 Å². The van der Waals surface area contributed by atoms with Crippen molar-refractivity contribution in [3.63, 3.8) is 0 Å². The van der Waals surface area contributed by atoms with Crippen molar-refractivity contribution in [1.82, 2.24) is 9.62 Å². The van der Waals surface area contributed by atoms with Gasteiger partial charge >= 0.3 is 0 Å². The molecule has 0 unspecified atom stereocenters. The van der Waals surface area contributed by atoms with Gasteiger partial charge in [0.15, 0.2) is 0 Å². The molecule has 21 heavy (non-hydrogen) atoms. The van der Waals surface area contributed by atoms with Crippen molar-refractivity contribution in [3.8, 4) is 0 Å². The lowest BCUT2D eigenvalue weighted by Crippen LogP contribution is -2.51. The van der Waals surface area contributed by atoms with E-state index in [0.29, 0.717) is 11.5 Å². The Hall–Kier alpha value is -2.02. The quantitative estimate of drug-likeness (QED) is 0.739. The van der Waals surface area contributed by atoms with Crippen LogP contribution in [0.3, 0.4) is 0 Å². The first kappa shape index (κ1) is 17.0. The summed E-state index contributed by atoms with van der Waals surface area (Å²) < 4.78 is 30.2. The first-order valence-electron chi connectivity index (χ1n) is 6.42. The van der Waals surface area contributed by atoms with Crippen molar-refractivity contribution in [2.75, 3.05) is 6.54 Å². The van der Waals surface area contributed by atoms with E-state index < -0.39 is 23.0 Å². The molecule has 1 aliphatic rings. The maximum absolute atomic E-state index is 11.6. The van der Waals surface area contributed by atoms with Crippen LogP contribution in [0.5, 0.6) is 0 Å². The Kier molecular flexibility index (Phi) is 6.23. The topological polar surface area (TPSA) is 75.7 Å². The molecule has 0 saturated carbocycles. The molecule has 7 heteroatoms. The summed E-state index contributed by atoms with van der Waals surface area (Å²) in [6, 6.07) is -0.453. The zero-order valence-electron chi connectivity index (χ0n) is 12.1. The van der Waals surface area contributed by atoms with Crippen LogP contribution in [0.15, 0.2) is 48.9 Å². The Morgan fingerprint density at radius 1 is 1.38 bits per heavy atom. The van der Waals surface area contributed by atoms with Crippen LogP contribution < -0.4 is 5.32 Å². The highest BCUT2D eigenvalue weighted by atomic mass is 32.2. The highest BCUT2D eigenvalue weighted by molar-refractivity contribution is 7.70. The van der Waals surface area contributed by atoms with Crippen molar-refractivity contribution in [1.29, 1.82) is 0 Å². The second kappa shape index (κ2) is 7.68. The first-order valence-corrected chi connectivity index (χ1v) is 7.55. The van der Waals surface area contributed by atoms with Crippen LogP contribution in [0, 0.1) is 0 Å². The lowest BCUT2D eigenvalue weighted by molar-refractivity contribution is -0.119. The summed E-state index contributed by atoms with van der Waals surface area (Å²) in [5, 5.41) is 2.63. The second-order valence-corrected chi connectivity index (χ2v) is 5.38. The fourth-order valence-corrected chi connectivity index (χ4v) is 2.79. The number of allylic oxidation sites excluding steroid dienone is 4. The van der Waals surface area contributed by atoms with Gasteiger partial charge in [-0.05, 0) is 19.1 Å². The molecule has 0 aliphatic carbocycles. The van der Waals surface area contributed by atoms with E-state index in [0.717, 1.165) is 0 Å². The van der Waals surface area contributed by atoms with Gasteiger partial charge in [-0.2, -0.15) is 0 Å². The lowest BCUT2D eigenvalue weighted by atomic mass is 10.1. The summed E-state index contributed by atoms with van der Waals surface area (Å²) in [6.07, 6.45) is 5.64. The number of ether oxygens (including phenoxy) is 1. The molecule has 1 N–H and O–H groups in total. The average molecular weight is 312 g/mol. The van der Waals surface area contributed by atoms with Crippen molar-refractivity contribution >= 4 is 16.8 Å². The number of carbonyl (C=O) groups excluding carboxylic acids is 1. The molecule has 1 rings (SSSR count). The molecule has 2 atom stereocenters. The summed E-state index contributed by atoms with van der Waals surface area (Å²) in [7, 11) is -2.85.